The zero-order valence-electron chi connectivity index (χ0n) is 40.7. The summed E-state index contributed by atoms with van der Waals surface area (Å²) in [6.07, 6.45) is -2.14. The molecule has 394 valence electrons. The van der Waals surface area contributed by atoms with Gasteiger partial charge < -0.3 is 77.2 Å². The maximum atomic E-state index is 14.3. The van der Waals surface area contributed by atoms with Gasteiger partial charge in [0.15, 0.2) is 6.23 Å². The normalized spacial score (nSPS) is 30.0. The molecule has 0 aliphatic carbocycles. The third-order valence-electron chi connectivity index (χ3n) is 13.7. The summed E-state index contributed by atoms with van der Waals surface area (Å²) in [5.74, 6) is -7.57. The van der Waals surface area contributed by atoms with Gasteiger partial charge in [-0.05, 0) is 37.0 Å². The van der Waals surface area contributed by atoms with Crippen molar-refractivity contribution in [2.24, 2.45) is 11.8 Å². The zero-order valence-corrected chi connectivity index (χ0v) is 40.7. The molecule has 3 unspecified atom stereocenters. The Morgan fingerprint density at radius 2 is 1.36 bits per heavy atom. The molecule has 22 nitrogen and oxygen atoms in total. The fourth-order valence-electron chi connectivity index (χ4n) is 9.14. The minimum absolute atomic E-state index is 0.0340. The summed E-state index contributed by atoms with van der Waals surface area (Å²) < 4.78 is 0. The van der Waals surface area contributed by atoms with Crippen LogP contribution < -0.4 is 26.6 Å². The van der Waals surface area contributed by atoms with E-state index in [0.717, 1.165) is 54.7 Å². The van der Waals surface area contributed by atoms with Crippen molar-refractivity contribution in [3.63, 3.8) is 0 Å². The van der Waals surface area contributed by atoms with Crippen molar-refractivity contribution in [2.75, 3.05) is 19.7 Å². The largest absolute Gasteiger partial charge is 0.508 e. The van der Waals surface area contributed by atoms with E-state index in [0.29, 0.717) is 18.4 Å². The summed E-state index contributed by atoms with van der Waals surface area (Å²) in [6.45, 7) is 5.23. The molecule has 7 amide bonds. The molecular formula is C48H77N7O15. The van der Waals surface area contributed by atoms with Crippen LogP contribution in [0.15, 0.2) is 24.3 Å². The molecule has 3 saturated heterocycles. The van der Waals surface area contributed by atoms with Crippen molar-refractivity contribution >= 4 is 41.4 Å². The van der Waals surface area contributed by atoms with E-state index in [2.05, 4.69) is 40.4 Å². The molecule has 0 aromatic heterocycles. The molecule has 22 heteroatoms. The molecule has 3 heterocycles. The highest BCUT2D eigenvalue weighted by Crippen LogP contribution is 2.26. The molecule has 13 N–H and O–H groups in total. The average Bonchev–Trinajstić information content (AvgIpc) is 3.86. The van der Waals surface area contributed by atoms with Crippen LogP contribution in [0.1, 0.15) is 117 Å². The van der Waals surface area contributed by atoms with Gasteiger partial charge in [0.2, 0.25) is 41.4 Å². The van der Waals surface area contributed by atoms with Crippen LogP contribution in [0.2, 0.25) is 0 Å². The van der Waals surface area contributed by atoms with Crippen LogP contribution in [0.25, 0.3) is 0 Å². The minimum Gasteiger partial charge on any atom is -0.508 e. The number of aliphatic hydroxyl groups excluding tert-OH is 7. The Morgan fingerprint density at radius 3 is 1.97 bits per heavy atom. The number of phenols is 1. The number of phenolic OH excluding ortho intramolecular Hbond substituents is 1. The Bertz CT molecular complexity index is 1910. The van der Waals surface area contributed by atoms with Crippen LogP contribution in [0.5, 0.6) is 5.75 Å². The Labute approximate surface area is 408 Å². The van der Waals surface area contributed by atoms with E-state index in [9.17, 15) is 74.4 Å². The number of carbonyl (C=O) groups excluding carboxylic acids is 7. The lowest BCUT2D eigenvalue weighted by atomic mass is 9.99. The molecule has 70 heavy (non-hydrogen) atoms. The zero-order chi connectivity index (χ0) is 51.8. The number of nitrogens with zero attached hydrogens (tertiary/aromatic N) is 2. The maximum absolute atomic E-state index is 14.3. The van der Waals surface area contributed by atoms with Gasteiger partial charge in [0.25, 0.3) is 0 Å². The molecule has 0 spiro atoms. The predicted molar refractivity (Wildman–Crippen MR) is 252 cm³/mol. The molecule has 3 fully saturated rings. The van der Waals surface area contributed by atoms with Crippen LogP contribution in [0.3, 0.4) is 0 Å². The molecular weight excluding hydrogens is 915 g/mol. The number of benzene rings is 1. The summed E-state index contributed by atoms with van der Waals surface area (Å²) >= 11 is 0. The number of hydrogen-bond donors (Lipinski definition) is 13. The topological polar surface area (TPSA) is 348 Å². The first-order chi connectivity index (χ1) is 33.2. The lowest BCUT2D eigenvalue weighted by Crippen LogP contribution is -2.63. The van der Waals surface area contributed by atoms with Crippen LogP contribution in [-0.2, 0) is 40.0 Å². The molecule has 0 bridgehead atoms. The number of nitrogens with one attached hydrogen (secondary N) is 5. The second kappa shape index (κ2) is 27.6. The maximum Gasteiger partial charge on any atom is 0.248 e. The van der Waals surface area contributed by atoms with Gasteiger partial charge in [-0.1, -0.05) is 90.7 Å². The SMILES string of the molecule is CCC(C)CCCCCCCCCCC(=O)N[C@H]1C[C@@H](O)C(O)NC(=O)C2[C@@H](O)[C@@H](C)CN2C(=O)[C@@H](CO)NC(=O)[C@H]([C@H](O)Cc2ccc(O)cc2)NC(=O)[C@@H]2C[C@@H](O)CN2C(=O)[C@H]([C@@H](C)O)NC1=O. The fraction of sp³-hybridized carbons (Fsp3) is 0.729. The standard InChI is InChI=1S/C48H77N7O15/c1-5-26(2)14-12-10-8-6-7-9-11-13-15-37(62)49-32-22-36(61)44(66)53-46(68)40-41(63)27(3)23-55(40)47(69)33(25-56)50-45(67)39(35(60)20-29-16-18-30(58)19-17-29)52-43(65)34-21-31(59)24-54(34)48(70)38(28(4)57)51-42(32)64/h16-19,26-28,31-36,38-41,44,56-61,63,66H,5-15,20-25H2,1-4H3,(H,49,62)(H,50,67)(H,51,64)(H,52,65)(H,53,68)/t26?,27-,28+,31+,32-,33+,34-,35+,36+,38-,39-,40?,41-,44?/m0/s1. The molecule has 0 radical (unpaired) electrons. The number of aliphatic hydroxyl groups is 7. The second-order valence-electron chi connectivity index (χ2n) is 19.5. The van der Waals surface area contributed by atoms with Crippen molar-refractivity contribution in [1.29, 1.82) is 0 Å². The van der Waals surface area contributed by atoms with E-state index < -0.39 is 146 Å². The number of aromatic hydroxyl groups is 1. The molecule has 0 saturated carbocycles. The number of amides is 7. The number of rotatable bonds is 18. The summed E-state index contributed by atoms with van der Waals surface area (Å²) in [4.78, 5) is 99.4. The van der Waals surface area contributed by atoms with Gasteiger partial charge in [0, 0.05) is 44.7 Å². The van der Waals surface area contributed by atoms with Crippen LogP contribution >= 0.6 is 0 Å². The molecule has 3 aliphatic heterocycles. The van der Waals surface area contributed by atoms with E-state index in [1.165, 1.54) is 50.5 Å². The highest BCUT2D eigenvalue weighted by molar-refractivity contribution is 5.98. The highest BCUT2D eigenvalue weighted by atomic mass is 16.3. The second-order valence-corrected chi connectivity index (χ2v) is 19.5. The Balaban J connectivity index is 1.63. The Hall–Kier alpha value is -4.97. The van der Waals surface area contributed by atoms with Gasteiger partial charge >= 0.3 is 0 Å². The van der Waals surface area contributed by atoms with Gasteiger partial charge in [-0.2, -0.15) is 0 Å². The third kappa shape index (κ3) is 16.3. The van der Waals surface area contributed by atoms with Gasteiger partial charge in [0.1, 0.15) is 48.1 Å². The summed E-state index contributed by atoms with van der Waals surface area (Å²) in [5.41, 5.74) is 0.382. The van der Waals surface area contributed by atoms with Crippen molar-refractivity contribution < 1.29 is 74.4 Å². The van der Waals surface area contributed by atoms with E-state index >= 15 is 0 Å². The first-order valence-corrected chi connectivity index (χ1v) is 24.8. The highest BCUT2D eigenvalue weighted by Gasteiger charge is 2.49. The van der Waals surface area contributed by atoms with Crippen molar-refractivity contribution in [2.45, 2.75) is 191 Å². The quantitative estimate of drug-likeness (QED) is 0.0703. The first-order valence-electron chi connectivity index (χ1n) is 24.8. The van der Waals surface area contributed by atoms with Crippen LogP contribution in [0.4, 0.5) is 0 Å². The monoisotopic (exact) mass is 992 g/mol. The lowest BCUT2D eigenvalue weighted by Gasteiger charge is -2.32. The molecule has 14 atom stereocenters. The van der Waals surface area contributed by atoms with Gasteiger partial charge in [-0.25, -0.2) is 0 Å². The number of unbranched alkanes of at least 4 members (excludes halogenated alkanes) is 7. The summed E-state index contributed by atoms with van der Waals surface area (Å²) in [5, 5.41) is 98.5. The van der Waals surface area contributed by atoms with E-state index in [-0.39, 0.29) is 25.1 Å². The van der Waals surface area contributed by atoms with Crippen molar-refractivity contribution in [1.82, 2.24) is 36.4 Å². The molecule has 3 aliphatic rings. The van der Waals surface area contributed by atoms with Gasteiger partial charge in [-0.3, -0.25) is 33.6 Å². The summed E-state index contributed by atoms with van der Waals surface area (Å²) in [6, 6.07) is -5.18. The Kier molecular flexibility index (Phi) is 22.7. The minimum atomic E-state index is -2.19. The number of hydrogen-bond acceptors (Lipinski definition) is 15. The van der Waals surface area contributed by atoms with E-state index in [4.69, 9.17) is 0 Å². The lowest BCUT2D eigenvalue weighted by molar-refractivity contribution is -0.147. The number of fused-ring (bicyclic) bond motifs is 2. The Morgan fingerprint density at radius 1 is 0.743 bits per heavy atom. The van der Waals surface area contributed by atoms with Crippen molar-refractivity contribution in [3.05, 3.63) is 29.8 Å². The summed E-state index contributed by atoms with van der Waals surface area (Å²) in [7, 11) is 0. The molecule has 1 aromatic rings. The van der Waals surface area contributed by atoms with E-state index in [1.807, 2.05) is 0 Å². The van der Waals surface area contributed by atoms with Gasteiger partial charge in [-0.15, -0.1) is 0 Å². The van der Waals surface area contributed by atoms with Crippen LogP contribution in [-0.4, -0.2) is 185 Å². The predicted octanol–water partition coefficient (Wildman–Crippen LogP) is -2.08. The van der Waals surface area contributed by atoms with Crippen molar-refractivity contribution in [3.8, 4) is 5.75 Å². The van der Waals surface area contributed by atoms with Crippen LogP contribution in [0, 0.1) is 11.8 Å². The van der Waals surface area contributed by atoms with E-state index in [1.54, 1.807) is 0 Å². The molecule has 1 aromatic carbocycles. The first kappa shape index (κ1) is 57.6. The van der Waals surface area contributed by atoms with Gasteiger partial charge in [0.05, 0.1) is 31.0 Å². The molecule has 4 rings (SSSR count). The fourth-order valence-corrected chi connectivity index (χ4v) is 9.14. The number of carbonyl (C=O) groups is 7. The smallest absolute Gasteiger partial charge is 0.248 e. The third-order valence-corrected chi connectivity index (χ3v) is 13.7. The average molecular weight is 992 g/mol.